The molecule has 2 rings (SSSR count). The van der Waals surface area contributed by atoms with E-state index in [2.05, 4.69) is 26.6 Å². The predicted octanol–water partition coefficient (Wildman–Crippen LogP) is 3.80. The number of hydrogen-bond donors (Lipinski definition) is 2. The summed E-state index contributed by atoms with van der Waals surface area (Å²) in [7, 11) is 0. The second-order valence-corrected chi connectivity index (χ2v) is 6.09. The van der Waals surface area contributed by atoms with Crippen LogP contribution in [0.1, 0.15) is 24.8 Å². The van der Waals surface area contributed by atoms with Gasteiger partial charge in [-0.15, -0.1) is 0 Å². The molecule has 0 radical (unpaired) electrons. The summed E-state index contributed by atoms with van der Waals surface area (Å²) in [5.74, 6) is 0.220. The first-order chi connectivity index (χ1) is 9.84. The summed E-state index contributed by atoms with van der Waals surface area (Å²) in [6, 6.07) is 3.39. The van der Waals surface area contributed by atoms with Crippen LogP contribution >= 0.6 is 15.9 Å². The van der Waals surface area contributed by atoms with Gasteiger partial charge in [0.1, 0.15) is 0 Å². The van der Waals surface area contributed by atoms with E-state index in [1.807, 2.05) is 0 Å². The number of carbonyl (C=O) groups excluding carboxylic acids is 1. The topological polar surface area (TPSA) is 41.1 Å². The molecule has 1 fully saturated rings. The first-order valence-corrected chi connectivity index (χ1v) is 7.52. The molecule has 7 heteroatoms. The fourth-order valence-corrected chi connectivity index (χ4v) is 2.84. The highest BCUT2D eigenvalue weighted by Gasteiger charge is 2.31. The Kier molecular flexibility index (Phi) is 5.27. The van der Waals surface area contributed by atoms with Crippen molar-refractivity contribution < 1.29 is 18.0 Å². The van der Waals surface area contributed by atoms with E-state index in [0.29, 0.717) is 12.3 Å². The molecule has 1 aromatic rings. The molecule has 1 amide bonds. The van der Waals surface area contributed by atoms with E-state index in [4.69, 9.17) is 0 Å². The molecule has 1 atom stereocenters. The summed E-state index contributed by atoms with van der Waals surface area (Å²) in [5, 5.41) is 5.74. The molecule has 0 spiro atoms. The summed E-state index contributed by atoms with van der Waals surface area (Å²) < 4.78 is 38.4. The molecule has 1 aromatic carbocycles. The first-order valence-electron chi connectivity index (χ1n) is 6.73. The monoisotopic (exact) mass is 364 g/mol. The Morgan fingerprint density at radius 3 is 2.76 bits per heavy atom. The lowest BCUT2D eigenvalue weighted by Gasteiger charge is -2.12. The van der Waals surface area contributed by atoms with Crippen molar-refractivity contribution in [2.75, 3.05) is 18.4 Å². The van der Waals surface area contributed by atoms with Gasteiger partial charge in [-0.1, -0.05) is 15.9 Å². The zero-order valence-electron chi connectivity index (χ0n) is 11.3. The van der Waals surface area contributed by atoms with Crippen molar-refractivity contribution in [3.05, 3.63) is 28.2 Å². The first kappa shape index (κ1) is 16.3. The molecule has 0 aliphatic carbocycles. The highest BCUT2D eigenvalue weighted by molar-refractivity contribution is 9.10. The van der Waals surface area contributed by atoms with E-state index in [1.165, 1.54) is 6.07 Å². The van der Waals surface area contributed by atoms with Gasteiger partial charge in [0.15, 0.2) is 0 Å². The van der Waals surface area contributed by atoms with Crippen molar-refractivity contribution in [1.82, 2.24) is 5.32 Å². The maximum Gasteiger partial charge on any atom is 0.416 e. The largest absolute Gasteiger partial charge is 0.416 e. The third-order valence-electron chi connectivity index (χ3n) is 3.45. The molecular formula is C14H16BrF3N2O. The Bertz CT molecular complexity index is 513. The van der Waals surface area contributed by atoms with E-state index in [1.54, 1.807) is 0 Å². The zero-order chi connectivity index (χ0) is 15.5. The molecule has 1 saturated heterocycles. The zero-order valence-corrected chi connectivity index (χ0v) is 12.9. The van der Waals surface area contributed by atoms with Crippen LogP contribution in [0.25, 0.3) is 0 Å². The molecule has 1 aliphatic heterocycles. The number of rotatable bonds is 4. The normalized spacial score (nSPS) is 18.8. The summed E-state index contributed by atoms with van der Waals surface area (Å²) in [4.78, 5) is 11.8. The van der Waals surface area contributed by atoms with Gasteiger partial charge in [0, 0.05) is 16.6 Å². The number of carbonyl (C=O) groups is 1. The van der Waals surface area contributed by atoms with Crippen LogP contribution < -0.4 is 10.6 Å². The molecule has 3 nitrogen and oxygen atoms in total. The van der Waals surface area contributed by atoms with Crippen LogP contribution in [-0.4, -0.2) is 19.0 Å². The van der Waals surface area contributed by atoms with Crippen LogP contribution in [0.15, 0.2) is 22.7 Å². The van der Waals surface area contributed by atoms with Gasteiger partial charge in [0.25, 0.3) is 0 Å². The van der Waals surface area contributed by atoms with Crippen molar-refractivity contribution in [3.63, 3.8) is 0 Å². The number of alkyl halides is 3. The van der Waals surface area contributed by atoms with Gasteiger partial charge in [-0.2, -0.15) is 13.2 Å². The van der Waals surface area contributed by atoms with Crippen molar-refractivity contribution in [2.24, 2.45) is 5.92 Å². The Labute approximate surface area is 129 Å². The molecule has 116 valence electrons. The third kappa shape index (κ3) is 5.00. The number of halogens is 4. The number of anilines is 1. The summed E-state index contributed by atoms with van der Waals surface area (Å²) in [6.45, 7) is 1.87. The van der Waals surface area contributed by atoms with Crippen molar-refractivity contribution >= 4 is 27.5 Å². The van der Waals surface area contributed by atoms with Crippen LogP contribution in [0.2, 0.25) is 0 Å². The molecule has 0 saturated carbocycles. The predicted molar refractivity (Wildman–Crippen MR) is 78.0 cm³/mol. The molecule has 2 N–H and O–H groups in total. The average molecular weight is 365 g/mol. The number of nitrogens with one attached hydrogen (secondary N) is 2. The summed E-state index contributed by atoms with van der Waals surface area (Å²) in [6.07, 6.45) is -2.32. The minimum atomic E-state index is -4.43. The smallest absolute Gasteiger partial charge is 0.326 e. The van der Waals surface area contributed by atoms with Crippen LogP contribution in [-0.2, 0) is 11.0 Å². The third-order valence-corrected chi connectivity index (χ3v) is 3.91. The van der Waals surface area contributed by atoms with Crippen LogP contribution in [0.3, 0.4) is 0 Å². The maximum absolute atomic E-state index is 12.7. The van der Waals surface area contributed by atoms with E-state index < -0.39 is 11.7 Å². The fourth-order valence-electron chi connectivity index (χ4n) is 2.35. The maximum atomic E-state index is 12.7. The Morgan fingerprint density at radius 1 is 1.38 bits per heavy atom. The van der Waals surface area contributed by atoms with Gasteiger partial charge in [-0.05, 0) is 50.0 Å². The highest BCUT2D eigenvalue weighted by atomic mass is 79.9. The van der Waals surface area contributed by atoms with Crippen molar-refractivity contribution in [2.45, 2.75) is 25.4 Å². The van der Waals surface area contributed by atoms with E-state index in [0.717, 1.165) is 38.1 Å². The van der Waals surface area contributed by atoms with Crippen LogP contribution in [0, 0.1) is 5.92 Å². The van der Waals surface area contributed by atoms with E-state index >= 15 is 0 Å². The van der Waals surface area contributed by atoms with Gasteiger partial charge < -0.3 is 10.6 Å². The Balaban J connectivity index is 1.95. The second-order valence-electron chi connectivity index (χ2n) is 5.17. The van der Waals surface area contributed by atoms with Gasteiger partial charge in [0.2, 0.25) is 5.91 Å². The average Bonchev–Trinajstić information content (AvgIpc) is 2.87. The van der Waals surface area contributed by atoms with Gasteiger partial charge in [-0.3, -0.25) is 4.79 Å². The summed E-state index contributed by atoms with van der Waals surface area (Å²) >= 11 is 3.03. The Hall–Kier alpha value is -1.08. The number of amides is 1. The lowest BCUT2D eigenvalue weighted by molar-refractivity contribution is -0.137. The molecule has 0 aromatic heterocycles. The standard InChI is InChI=1S/C14H16BrF3N2O/c15-11-5-10(14(16,17)18)6-12(7-11)20-13(21)2-1-9-3-4-19-8-9/h5-7,9,19H,1-4,8H2,(H,20,21). The molecule has 0 bridgehead atoms. The van der Waals surface area contributed by atoms with Crippen LogP contribution in [0.5, 0.6) is 0 Å². The Morgan fingerprint density at radius 2 is 2.14 bits per heavy atom. The highest BCUT2D eigenvalue weighted by Crippen LogP contribution is 2.33. The molecule has 1 heterocycles. The number of benzene rings is 1. The minimum absolute atomic E-state index is 0.159. The van der Waals surface area contributed by atoms with E-state index in [-0.39, 0.29) is 16.1 Å². The SMILES string of the molecule is O=C(CCC1CCNC1)Nc1cc(Br)cc(C(F)(F)F)c1. The van der Waals surface area contributed by atoms with Gasteiger partial charge in [0.05, 0.1) is 5.56 Å². The lowest BCUT2D eigenvalue weighted by Crippen LogP contribution is -2.15. The van der Waals surface area contributed by atoms with Crippen LogP contribution in [0.4, 0.5) is 18.9 Å². The van der Waals surface area contributed by atoms with Gasteiger partial charge in [-0.25, -0.2) is 0 Å². The fraction of sp³-hybridized carbons (Fsp3) is 0.500. The molecule has 21 heavy (non-hydrogen) atoms. The molecular weight excluding hydrogens is 349 g/mol. The van der Waals surface area contributed by atoms with Crippen molar-refractivity contribution in [1.29, 1.82) is 0 Å². The van der Waals surface area contributed by atoms with Crippen molar-refractivity contribution in [3.8, 4) is 0 Å². The quantitative estimate of drug-likeness (QED) is 0.853. The molecule has 1 unspecified atom stereocenters. The number of hydrogen-bond acceptors (Lipinski definition) is 2. The summed E-state index contributed by atoms with van der Waals surface area (Å²) in [5.41, 5.74) is -0.626. The second kappa shape index (κ2) is 6.79. The lowest BCUT2D eigenvalue weighted by atomic mass is 10.0. The minimum Gasteiger partial charge on any atom is -0.326 e. The van der Waals surface area contributed by atoms with Gasteiger partial charge >= 0.3 is 6.18 Å². The molecule has 1 aliphatic rings. The van der Waals surface area contributed by atoms with E-state index in [9.17, 15) is 18.0 Å².